The Morgan fingerprint density at radius 1 is 0.963 bits per heavy atom. The van der Waals surface area contributed by atoms with Crippen LogP contribution >= 0.6 is 12.4 Å². The van der Waals surface area contributed by atoms with Gasteiger partial charge in [0.2, 0.25) is 0 Å². The maximum atomic E-state index is 2.69. The van der Waals surface area contributed by atoms with Gasteiger partial charge in [-0.3, -0.25) is 4.90 Å². The SMILES string of the molecule is CCCN1CCN(c2c(C)cccc2C2CC(C)(C)CC(C)(C)C2)CC1.Cl. The van der Waals surface area contributed by atoms with Gasteiger partial charge in [-0.05, 0) is 67.0 Å². The molecule has 0 bridgehead atoms. The van der Waals surface area contributed by atoms with Gasteiger partial charge in [0.1, 0.15) is 0 Å². The highest BCUT2D eigenvalue weighted by Crippen LogP contribution is 2.53. The van der Waals surface area contributed by atoms with E-state index in [0.29, 0.717) is 16.7 Å². The summed E-state index contributed by atoms with van der Waals surface area (Å²) in [6, 6.07) is 7.04. The lowest BCUT2D eigenvalue weighted by atomic mass is 9.60. The Balaban J connectivity index is 0.00000261. The zero-order valence-corrected chi connectivity index (χ0v) is 19.3. The molecule has 1 aliphatic carbocycles. The van der Waals surface area contributed by atoms with Crippen molar-refractivity contribution in [1.82, 2.24) is 4.90 Å². The Morgan fingerprint density at radius 3 is 2.11 bits per heavy atom. The van der Waals surface area contributed by atoms with Gasteiger partial charge in [-0.15, -0.1) is 12.4 Å². The number of anilines is 1. The highest BCUT2D eigenvalue weighted by Gasteiger charge is 2.40. The van der Waals surface area contributed by atoms with Gasteiger partial charge < -0.3 is 4.90 Å². The first-order valence-corrected chi connectivity index (χ1v) is 10.8. The van der Waals surface area contributed by atoms with Crippen molar-refractivity contribution < 1.29 is 0 Å². The molecule has 0 radical (unpaired) electrons. The first-order valence-electron chi connectivity index (χ1n) is 10.8. The first-order chi connectivity index (χ1) is 12.2. The van der Waals surface area contributed by atoms with Gasteiger partial charge in [0.25, 0.3) is 0 Å². The van der Waals surface area contributed by atoms with Gasteiger partial charge in [-0.2, -0.15) is 0 Å². The minimum atomic E-state index is 0. The van der Waals surface area contributed by atoms with Crippen LogP contribution in [0.15, 0.2) is 18.2 Å². The predicted molar refractivity (Wildman–Crippen MR) is 122 cm³/mol. The summed E-state index contributed by atoms with van der Waals surface area (Å²) in [6.07, 6.45) is 5.25. The normalized spacial score (nSPS) is 23.1. The van der Waals surface area contributed by atoms with E-state index in [4.69, 9.17) is 0 Å². The number of aryl methyl sites for hydroxylation is 1. The number of hydrogen-bond acceptors (Lipinski definition) is 2. The number of nitrogens with zero attached hydrogens (tertiary/aromatic N) is 2. The number of rotatable bonds is 4. The van der Waals surface area contributed by atoms with E-state index in [0.717, 1.165) is 0 Å². The topological polar surface area (TPSA) is 6.48 Å². The molecule has 1 saturated heterocycles. The van der Waals surface area contributed by atoms with Gasteiger partial charge in [-0.25, -0.2) is 0 Å². The molecule has 0 spiro atoms. The van der Waals surface area contributed by atoms with Crippen LogP contribution in [-0.2, 0) is 0 Å². The lowest BCUT2D eigenvalue weighted by Crippen LogP contribution is -2.47. The quantitative estimate of drug-likeness (QED) is 0.595. The minimum absolute atomic E-state index is 0. The zero-order chi connectivity index (χ0) is 18.9. The Hall–Kier alpha value is -0.730. The van der Waals surface area contributed by atoms with E-state index >= 15 is 0 Å². The Kier molecular flexibility index (Phi) is 7.30. The second-order valence-corrected chi connectivity index (χ2v) is 10.5. The van der Waals surface area contributed by atoms with E-state index in [1.807, 2.05) is 0 Å². The van der Waals surface area contributed by atoms with E-state index in [-0.39, 0.29) is 12.4 Å². The van der Waals surface area contributed by atoms with Crippen LogP contribution in [0.3, 0.4) is 0 Å². The molecule has 27 heavy (non-hydrogen) atoms. The molecule has 0 amide bonds. The Morgan fingerprint density at radius 2 is 1.56 bits per heavy atom. The van der Waals surface area contributed by atoms with Crippen molar-refractivity contribution in [2.75, 3.05) is 37.6 Å². The van der Waals surface area contributed by atoms with Crippen molar-refractivity contribution in [2.24, 2.45) is 10.8 Å². The van der Waals surface area contributed by atoms with Crippen molar-refractivity contribution in [2.45, 2.75) is 73.1 Å². The van der Waals surface area contributed by atoms with Crippen LogP contribution in [0.1, 0.15) is 77.3 Å². The van der Waals surface area contributed by atoms with Crippen LogP contribution in [0.5, 0.6) is 0 Å². The fraction of sp³-hybridized carbons (Fsp3) is 0.750. The molecule has 1 saturated carbocycles. The van der Waals surface area contributed by atoms with E-state index in [9.17, 15) is 0 Å². The van der Waals surface area contributed by atoms with Crippen molar-refractivity contribution in [3.8, 4) is 0 Å². The third-order valence-electron chi connectivity index (χ3n) is 6.49. The van der Waals surface area contributed by atoms with Gasteiger partial charge in [0, 0.05) is 31.9 Å². The van der Waals surface area contributed by atoms with E-state index in [1.165, 1.54) is 64.0 Å². The van der Waals surface area contributed by atoms with Crippen LogP contribution in [0.2, 0.25) is 0 Å². The van der Waals surface area contributed by atoms with Gasteiger partial charge >= 0.3 is 0 Å². The third kappa shape index (κ3) is 5.41. The van der Waals surface area contributed by atoms with Gasteiger partial charge in [0.15, 0.2) is 0 Å². The number of piperazine rings is 1. The predicted octanol–water partition coefficient (Wildman–Crippen LogP) is 6.27. The fourth-order valence-corrected chi connectivity index (χ4v) is 6.02. The molecule has 0 aromatic heterocycles. The maximum absolute atomic E-state index is 2.69. The summed E-state index contributed by atoms with van der Waals surface area (Å²) in [4.78, 5) is 5.31. The lowest BCUT2D eigenvalue weighted by molar-refractivity contribution is 0.0969. The van der Waals surface area contributed by atoms with Crippen molar-refractivity contribution in [1.29, 1.82) is 0 Å². The van der Waals surface area contributed by atoms with Crippen LogP contribution in [-0.4, -0.2) is 37.6 Å². The average molecular weight is 393 g/mol. The summed E-state index contributed by atoms with van der Waals surface area (Å²) < 4.78 is 0. The summed E-state index contributed by atoms with van der Waals surface area (Å²) in [5.41, 5.74) is 5.52. The summed E-state index contributed by atoms with van der Waals surface area (Å²) in [5.74, 6) is 0.692. The summed E-state index contributed by atoms with van der Waals surface area (Å²) in [7, 11) is 0. The van der Waals surface area contributed by atoms with Crippen LogP contribution in [0.25, 0.3) is 0 Å². The molecule has 154 valence electrons. The van der Waals surface area contributed by atoms with E-state index in [2.05, 4.69) is 69.5 Å². The highest BCUT2D eigenvalue weighted by atomic mass is 35.5. The summed E-state index contributed by atoms with van der Waals surface area (Å²) in [6.45, 7) is 20.5. The number of para-hydroxylation sites is 1. The van der Waals surface area contributed by atoms with Crippen molar-refractivity contribution in [3.63, 3.8) is 0 Å². The second kappa shape index (κ2) is 8.74. The highest BCUT2D eigenvalue weighted by molar-refractivity contribution is 5.85. The van der Waals surface area contributed by atoms with Crippen LogP contribution in [0, 0.1) is 17.8 Å². The lowest BCUT2D eigenvalue weighted by Gasteiger charge is -2.46. The smallest absolute Gasteiger partial charge is 0.0432 e. The first kappa shape index (κ1) is 22.6. The molecule has 0 unspecified atom stereocenters. The van der Waals surface area contributed by atoms with Crippen LogP contribution in [0.4, 0.5) is 5.69 Å². The third-order valence-corrected chi connectivity index (χ3v) is 6.49. The summed E-state index contributed by atoms with van der Waals surface area (Å²) in [5, 5.41) is 0. The number of hydrogen-bond donors (Lipinski definition) is 0. The Labute approximate surface area is 174 Å². The zero-order valence-electron chi connectivity index (χ0n) is 18.5. The van der Waals surface area contributed by atoms with Crippen molar-refractivity contribution in [3.05, 3.63) is 29.3 Å². The maximum Gasteiger partial charge on any atom is 0.0432 e. The molecule has 2 nitrogen and oxygen atoms in total. The van der Waals surface area contributed by atoms with Gasteiger partial charge in [0.05, 0.1) is 0 Å². The average Bonchev–Trinajstić information content (AvgIpc) is 2.53. The molecule has 3 heteroatoms. The fourth-order valence-electron chi connectivity index (χ4n) is 6.02. The molecule has 2 aliphatic rings. The molecule has 1 aromatic rings. The molecular weight excluding hydrogens is 352 g/mol. The molecule has 1 aliphatic heterocycles. The number of halogens is 1. The van der Waals surface area contributed by atoms with E-state index in [1.54, 1.807) is 11.3 Å². The molecular formula is C24H41ClN2. The summed E-state index contributed by atoms with van der Waals surface area (Å²) >= 11 is 0. The molecule has 0 atom stereocenters. The van der Waals surface area contributed by atoms with Gasteiger partial charge in [-0.1, -0.05) is 52.8 Å². The molecule has 1 aromatic carbocycles. The molecule has 0 N–H and O–H groups in total. The molecule has 2 fully saturated rings. The standard InChI is InChI=1S/C24H40N2.ClH/c1-7-11-25-12-14-26(15-13-25)22-19(2)9-8-10-21(22)20-16-23(3,4)18-24(5,6)17-20;/h8-10,20H,7,11-18H2,1-6H3;1H. The largest absolute Gasteiger partial charge is 0.369 e. The molecule has 3 rings (SSSR count). The monoisotopic (exact) mass is 392 g/mol. The Bertz CT molecular complexity index is 599. The second-order valence-electron chi connectivity index (χ2n) is 10.5. The number of benzene rings is 1. The van der Waals surface area contributed by atoms with Crippen LogP contribution < -0.4 is 4.90 Å². The van der Waals surface area contributed by atoms with Crippen molar-refractivity contribution >= 4 is 18.1 Å². The molecule has 1 heterocycles. The minimum Gasteiger partial charge on any atom is -0.369 e. The van der Waals surface area contributed by atoms with E-state index < -0.39 is 0 Å².